The molecule has 0 spiro atoms. The first kappa shape index (κ1) is 21.2. The van der Waals surface area contributed by atoms with Crippen molar-refractivity contribution in [3.8, 4) is 11.1 Å². The van der Waals surface area contributed by atoms with Gasteiger partial charge in [-0.05, 0) is 50.8 Å². The third-order valence-electron chi connectivity index (χ3n) is 6.06. The Balaban J connectivity index is 1.62. The lowest BCUT2D eigenvalue weighted by Crippen LogP contribution is -2.42. The van der Waals surface area contributed by atoms with Gasteiger partial charge in [0.25, 0.3) is 0 Å². The van der Waals surface area contributed by atoms with Crippen molar-refractivity contribution in [1.29, 1.82) is 0 Å². The number of nitrogens with zero attached hydrogens (tertiary/aromatic N) is 4. The van der Waals surface area contributed by atoms with Gasteiger partial charge >= 0.3 is 6.09 Å². The predicted molar refractivity (Wildman–Crippen MR) is 128 cm³/mol. The Morgan fingerprint density at radius 1 is 1.24 bits per heavy atom. The van der Waals surface area contributed by atoms with E-state index in [4.69, 9.17) is 10.5 Å². The van der Waals surface area contributed by atoms with Crippen molar-refractivity contribution in [3.63, 3.8) is 0 Å². The van der Waals surface area contributed by atoms with Crippen LogP contribution in [0.25, 0.3) is 27.5 Å². The summed E-state index contributed by atoms with van der Waals surface area (Å²) in [4.78, 5) is 21.4. The third-order valence-corrected chi connectivity index (χ3v) is 6.06. The lowest BCUT2D eigenvalue weighted by atomic mass is 9.81. The average molecular weight is 445 g/mol. The first-order valence-electron chi connectivity index (χ1n) is 11.2. The fourth-order valence-corrected chi connectivity index (χ4v) is 4.86. The molecule has 0 saturated heterocycles. The Bertz CT molecular complexity index is 1370. The van der Waals surface area contributed by atoms with Crippen LogP contribution in [0.2, 0.25) is 0 Å². The van der Waals surface area contributed by atoms with Gasteiger partial charge in [0.2, 0.25) is 0 Å². The number of nitrogen functional groups attached to an aromatic ring is 1. The van der Waals surface area contributed by atoms with Crippen molar-refractivity contribution in [3.05, 3.63) is 54.1 Å². The van der Waals surface area contributed by atoms with Gasteiger partial charge in [-0.2, -0.15) is 5.10 Å². The van der Waals surface area contributed by atoms with E-state index in [-0.39, 0.29) is 12.0 Å². The standard InChI is InChI=1S/C25H28N6O2/c1-14-9-17(30-24(32)33-25(2,3)4)11-19-20(14)21(22-23(26)28-13-29-31(19)22)16-10-15-7-5-6-8-18(15)27-12-16/h5-8,10,12-14,17H,9,11H2,1-4H3,(H,30,32)(H2,26,28,29)/t14?,17-/m0/s1. The van der Waals surface area contributed by atoms with Crippen LogP contribution in [0.4, 0.5) is 10.6 Å². The summed E-state index contributed by atoms with van der Waals surface area (Å²) in [5, 5.41) is 8.63. The maximum absolute atomic E-state index is 12.4. The van der Waals surface area contributed by atoms with Gasteiger partial charge in [-0.1, -0.05) is 25.1 Å². The normalized spacial score (nSPS) is 18.3. The minimum atomic E-state index is -0.546. The number of benzene rings is 1. The van der Waals surface area contributed by atoms with Crippen molar-refractivity contribution < 1.29 is 9.53 Å². The highest BCUT2D eigenvalue weighted by molar-refractivity contribution is 5.94. The molecule has 4 aromatic rings. The van der Waals surface area contributed by atoms with E-state index in [9.17, 15) is 4.79 Å². The fraction of sp³-hybridized carbons (Fsp3) is 0.360. The molecular formula is C25H28N6O2. The lowest BCUT2D eigenvalue weighted by Gasteiger charge is -2.30. The quantitative estimate of drug-likeness (QED) is 0.472. The highest BCUT2D eigenvalue weighted by Gasteiger charge is 2.34. The van der Waals surface area contributed by atoms with Crippen molar-refractivity contribution in [2.75, 3.05) is 5.73 Å². The Labute approximate surface area is 192 Å². The second kappa shape index (κ2) is 7.72. The number of nitrogens with two attached hydrogens (primary N) is 1. The van der Waals surface area contributed by atoms with Gasteiger partial charge in [0, 0.05) is 40.9 Å². The zero-order valence-electron chi connectivity index (χ0n) is 19.3. The van der Waals surface area contributed by atoms with Crippen LogP contribution in [0.15, 0.2) is 42.9 Å². The van der Waals surface area contributed by atoms with Crippen molar-refractivity contribution in [2.24, 2.45) is 0 Å². The topological polar surface area (TPSA) is 107 Å². The molecule has 0 saturated carbocycles. The summed E-state index contributed by atoms with van der Waals surface area (Å²) in [7, 11) is 0. The zero-order valence-corrected chi connectivity index (χ0v) is 19.3. The van der Waals surface area contributed by atoms with E-state index in [0.717, 1.165) is 39.7 Å². The Morgan fingerprint density at radius 3 is 2.82 bits per heavy atom. The highest BCUT2D eigenvalue weighted by Crippen LogP contribution is 2.44. The maximum atomic E-state index is 12.4. The fourth-order valence-electron chi connectivity index (χ4n) is 4.86. The van der Waals surface area contributed by atoms with Crippen molar-refractivity contribution in [2.45, 2.75) is 58.1 Å². The van der Waals surface area contributed by atoms with Gasteiger partial charge in [-0.3, -0.25) is 4.98 Å². The average Bonchev–Trinajstić information content (AvgIpc) is 3.08. The van der Waals surface area contributed by atoms with E-state index in [0.29, 0.717) is 12.2 Å². The molecule has 1 aliphatic rings. The number of anilines is 1. The largest absolute Gasteiger partial charge is 0.444 e. The molecule has 1 unspecified atom stereocenters. The van der Waals surface area contributed by atoms with Crippen LogP contribution in [0, 0.1) is 0 Å². The van der Waals surface area contributed by atoms with Gasteiger partial charge in [-0.25, -0.2) is 14.3 Å². The number of para-hydroxylation sites is 1. The molecule has 2 atom stereocenters. The number of carbonyl (C=O) groups excluding carboxylic acids is 1. The van der Waals surface area contributed by atoms with Crippen molar-refractivity contribution in [1.82, 2.24) is 24.9 Å². The first-order chi connectivity index (χ1) is 15.7. The van der Waals surface area contributed by atoms with Gasteiger partial charge < -0.3 is 15.8 Å². The number of hydrogen-bond acceptors (Lipinski definition) is 6. The predicted octanol–water partition coefficient (Wildman–Crippen LogP) is 4.47. The summed E-state index contributed by atoms with van der Waals surface area (Å²) >= 11 is 0. The van der Waals surface area contributed by atoms with Crippen molar-refractivity contribution >= 4 is 28.3 Å². The van der Waals surface area contributed by atoms with Crippen LogP contribution in [0.3, 0.4) is 0 Å². The van der Waals surface area contributed by atoms with Gasteiger partial charge in [0.1, 0.15) is 17.4 Å². The summed E-state index contributed by atoms with van der Waals surface area (Å²) in [6.45, 7) is 7.75. The Morgan fingerprint density at radius 2 is 2.03 bits per heavy atom. The number of aromatic nitrogens is 4. The number of alkyl carbamates (subject to hydrolysis) is 1. The van der Waals surface area contributed by atoms with Gasteiger partial charge in [0.05, 0.1) is 5.52 Å². The Kier molecular flexibility index (Phi) is 4.96. The van der Waals surface area contributed by atoms with E-state index < -0.39 is 11.7 Å². The van der Waals surface area contributed by atoms with Crippen LogP contribution in [0.5, 0.6) is 0 Å². The molecule has 5 rings (SSSR count). The summed E-state index contributed by atoms with van der Waals surface area (Å²) in [6, 6.07) is 10.1. The SMILES string of the molecule is CC1C[C@H](NC(=O)OC(C)(C)C)Cc2c1c(-c1cnc3ccccc3c1)c1c(N)ncnn21. The molecule has 8 heteroatoms. The highest BCUT2D eigenvalue weighted by atomic mass is 16.6. The minimum absolute atomic E-state index is 0.0702. The molecule has 1 amide bonds. The molecule has 1 aliphatic carbocycles. The van der Waals surface area contributed by atoms with Crippen LogP contribution in [-0.4, -0.2) is 37.3 Å². The van der Waals surface area contributed by atoms with Gasteiger partial charge in [0.15, 0.2) is 5.82 Å². The number of fused-ring (bicyclic) bond motifs is 4. The molecule has 0 fully saturated rings. The maximum Gasteiger partial charge on any atom is 0.407 e. The van der Waals surface area contributed by atoms with E-state index in [1.807, 2.05) is 49.7 Å². The van der Waals surface area contributed by atoms with E-state index in [1.54, 1.807) is 0 Å². The number of pyridine rings is 1. The number of ether oxygens (including phenoxy) is 1. The number of rotatable bonds is 2. The smallest absolute Gasteiger partial charge is 0.407 e. The number of hydrogen-bond donors (Lipinski definition) is 2. The molecule has 33 heavy (non-hydrogen) atoms. The molecule has 0 aliphatic heterocycles. The van der Waals surface area contributed by atoms with Gasteiger partial charge in [-0.15, -0.1) is 0 Å². The molecule has 0 radical (unpaired) electrons. The summed E-state index contributed by atoms with van der Waals surface area (Å²) in [6.07, 6.45) is 4.36. The molecular weight excluding hydrogens is 416 g/mol. The van der Waals surface area contributed by atoms with E-state index in [1.165, 1.54) is 11.9 Å². The number of amides is 1. The van der Waals surface area contributed by atoms with E-state index >= 15 is 0 Å². The monoisotopic (exact) mass is 444 g/mol. The second-order valence-corrected chi connectivity index (χ2v) is 9.74. The van der Waals surface area contributed by atoms with Crippen LogP contribution >= 0.6 is 0 Å². The molecule has 0 bridgehead atoms. The molecule has 3 aromatic heterocycles. The number of nitrogens with one attached hydrogen (secondary N) is 1. The molecule has 170 valence electrons. The molecule has 3 N–H and O–H groups in total. The van der Waals surface area contributed by atoms with Crippen LogP contribution in [-0.2, 0) is 11.2 Å². The zero-order chi connectivity index (χ0) is 23.3. The molecule has 1 aromatic carbocycles. The summed E-state index contributed by atoms with van der Waals surface area (Å²) in [5.41, 5.74) is 11.8. The summed E-state index contributed by atoms with van der Waals surface area (Å²) < 4.78 is 7.35. The second-order valence-electron chi connectivity index (χ2n) is 9.74. The summed E-state index contributed by atoms with van der Waals surface area (Å²) in [5.74, 6) is 0.586. The van der Waals surface area contributed by atoms with Crippen LogP contribution < -0.4 is 11.1 Å². The molecule has 8 nitrogen and oxygen atoms in total. The van der Waals surface area contributed by atoms with E-state index in [2.05, 4.69) is 39.4 Å². The molecule has 3 heterocycles. The Hall–Kier alpha value is -3.68. The number of carbonyl (C=O) groups is 1. The van der Waals surface area contributed by atoms with Crippen LogP contribution in [0.1, 0.15) is 51.3 Å². The minimum Gasteiger partial charge on any atom is -0.444 e. The first-order valence-corrected chi connectivity index (χ1v) is 11.2. The lowest BCUT2D eigenvalue weighted by molar-refractivity contribution is 0.0498. The third kappa shape index (κ3) is 3.86.